The van der Waals surface area contributed by atoms with Crippen LogP contribution in [0, 0.1) is 5.92 Å². The van der Waals surface area contributed by atoms with Crippen LogP contribution in [-0.2, 0) is 14.6 Å². The van der Waals surface area contributed by atoms with Crippen LogP contribution in [0.1, 0.15) is 32.1 Å². The van der Waals surface area contributed by atoms with Crippen molar-refractivity contribution >= 4 is 15.6 Å². The molecule has 0 bridgehead atoms. The number of Topliss-reactive ketones (excluding diaryl/α,β-unsaturated/α-hetero) is 1. The fourth-order valence-corrected chi connectivity index (χ4v) is 3.81. The SMILES string of the molecule is O=C1CCCCC1CCS(=O)(=O)c1ccccc1. The van der Waals surface area contributed by atoms with Gasteiger partial charge >= 0.3 is 0 Å². The second-order valence-corrected chi connectivity index (χ2v) is 6.94. The number of carbonyl (C=O) groups excluding carboxylic acids is 1. The third kappa shape index (κ3) is 3.19. The standard InChI is InChI=1S/C14H18O3S/c15-14-9-5-4-6-12(14)10-11-18(16,17)13-7-2-1-3-8-13/h1-3,7-8,12H,4-6,9-11H2. The third-order valence-electron chi connectivity index (χ3n) is 3.52. The highest BCUT2D eigenvalue weighted by atomic mass is 32.2. The smallest absolute Gasteiger partial charge is 0.178 e. The van der Waals surface area contributed by atoms with Gasteiger partial charge in [0.2, 0.25) is 0 Å². The van der Waals surface area contributed by atoms with Crippen molar-refractivity contribution in [1.82, 2.24) is 0 Å². The molecule has 3 nitrogen and oxygen atoms in total. The molecular weight excluding hydrogens is 248 g/mol. The van der Waals surface area contributed by atoms with E-state index in [0.717, 1.165) is 19.3 Å². The monoisotopic (exact) mass is 266 g/mol. The fourth-order valence-electron chi connectivity index (χ4n) is 2.40. The zero-order chi connectivity index (χ0) is 13.0. The van der Waals surface area contributed by atoms with Crippen LogP contribution in [0.4, 0.5) is 0 Å². The normalized spacial score (nSPS) is 20.9. The quantitative estimate of drug-likeness (QED) is 0.841. The molecule has 1 aliphatic rings. The second kappa shape index (κ2) is 5.65. The molecule has 0 spiro atoms. The second-order valence-electron chi connectivity index (χ2n) is 4.83. The summed E-state index contributed by atoms with van der Waals surface area (Å²) in [5.41, 5.74) is 0. The minimum Gasteiger partial charge on any atom is -0.299 e. The molecule has 0 radical (unpaired) electrons. The molecule has 1 fully saturated rings. The van der Waals surface area contributed by atoms with Gasteiger partial charge in [0, 0.05) is 12.3 Å². The molecule has 1 unspecified atom stereocenters. The van der Waals surface area contributed by atoms with Crippen molar-refractivity contribution in [2.75, 3.05) is 5.75 Å². The van der Waals surface area contributed by atoms with Gasteiger partial charge < -0.3 is 0 Å². The van der Waals surface area contributed by atoms with Crippen molar-refractivity contribution in [3.8, 4) is 0 Å². The molecule has 0 N–H and O–H groups in total. The summed E-state index contributed by atoms with van der Waals surface area (Å²) in [6.45, 7) is 0. The maximum absolute atomic E-state index is 12.1. The summed E-state index contributed by atoms with van der Waals surface area (Å²) in [5, 5.41) is 0. The van der Waals surface area contributed by atoms with E-state index in [1.54, 1.807) is 30.3 Å². The zero-order valence-corrected chi connectivity index (χ0v) is 11.2. The van der Waals surface area contributed by atoms with Crippen LogP contribution in [0.3, 0.4) is 0 Å². The van der Waals surface area contributed by atoms with E-state index in [9.17, 15) is 13.2 Å². The van der Waals surface area contributed by atoms with Gasteiger partial charge in [0.05, 0.1) is 10.6 Å². The van der Waals surface area contributed by atoms with Crippen molar-refractivity contribution in [3.05, 3.63) is 30.3 Å². The highest BCUT2D eigenvalue weighted by molar-refractivity contribution is 7.91. The lowest BCUT2D eigenvalue weighted by molar-refractivity contribution is -0.124. The topological polar surface area (TPSA) is 51.2 Å². The van der Waals surface area contributed by atoms with Gasteiger partial charge in [-0.25, -0.2) is 8.42 Å². The van der Waals surface area contributed by atoms with E-state index < -0.39 is 9.84 Å². The van der Waals surface area contributed by atoms with Gasteiger partial charge in [-0.15, -0.1) is 0 Å². The molecule has 1 aliphatic carbocycles. The maximum Gasteiger partial charge on any atom is 0.178 e. The molecule has 2 rings (SSSR count). The van der Waals surface area contributed by atoms with Crippen LogP contribution >= 0.6 is 0 Å². The number of benzene rings is 1. The molecule has 4 heteroatoms. The highest BCUT2D eigenvalue weighted by Crippen LogP contribution is 2.24. The minimum absolute atomic E-state index is 0.0442. The molecule has 98 valence electrons. The van der Waals surface area contributed by atoms with E-state index >= 15 is 0 Å². The van der Waals surface area contributed by atoms with Crippen molar-refractivity contribution in [2.24, 2.45) is 5.92 Å². The van der Waals surface area contributed by atoms with Gasteiger partial charge in [0.25, 0.3) is 0 Å². The van der Waals surface area contributed by atoms with Crippen molar-refractivity contribution in [3.63, 3.8) is 0 Å². The first-order valence-corrected chi connectivity index (χ1v) is 8.05. The summed E-state index contributed by atoms with van der Waals surface area (Å²) in [6.07, 6.45) is 3.94. The Morgan fingerprint density at radius 1 is 1.11 bits per heavy atom. The first kappa shape index (κ1) is 13.3. The van der Waals surface area contributed by atoms with Gasteiger partial charge in [0.1, 0.15) is 5.78 Å². The third-order valence-corrected chi connectivity index (χ3v) is 5.28. The molecule has 1 saturated carbocycles. The van der Waals surface area contributed by atoms with Crippen LogP contribution in [0.15, 0.2) is 35.2 Å². The summed E-state index contributed by atoms with van der Waals surface area (Å²) < 4.78 is 24.1. The average Bonchev–Trinajstić information content (AvgIpc) is 2.39. The van der Waals surface area contributed by atoms with Crippen LogP contribution in [0.2, 0.25) is 0 Å². The van der Waals surface area contributed by atoms with Crippen molar-refractivity contribution < 1.29 is 13.2 Å². The summed E-state index contributed by atoms with van der Waals surface area (Å²) in [6, 6.07) is 8.46. The van der Waals surface area contributed by atoms with Crippen molar-refractivity contribution in [2.45, 2.75) is 37.0 Å². The highest BCUT2D eigenvalue weighted by Gasteiger charge is 2.24. The molecule has 1 aromatic carbocycles. The maximum atomic E-state index is 12.1. The molecule has 1 atom stereocenters. The number of rotatable bonds is 4. The molecule has 0 aromatic heterocycles. The summed E-state index contributed by atoms with van der Waals surface area (Å²) in [5.74, 6) is 0.273. The Kier molecular flexibility index (Phi) is 4.17. The van der Waals surface area contributed by atoms with E-state index in [-0.39, 0.29) is 17.5 Å². The first-order valence-electron chi connectivity index (χ1n) is 6.40. The van der Waals surface area contributed by atoms with Crippen LogP contribution in [0.5, 0.6) is 0 Å². The zero-order valence-electron chi connectivity index (χ0n) is 10.3. The lowest BCUT2D eigenvalue weighted by atomic mass is 9.86. The molecular formula is C14H18O3S. The van der Waals surface area contributed by atoms with E-state index in [1.807, 2.05) is 0 Å². The molecule has 0 amide bonds. The number of hydrogen-bond donors (Lipinski definition) is 0. The van der Waals surface area contributed by atoms with Gasteiger partial charge in [-0.05, 0) is 31.4 Å². The Labute approximate surface area is 108 Å². The Hall–Kier alpha value is -1.16. The van der Waals surface area contributed by atoms with Gasteiger partial charge in [-0.2, -0.15) is 0 Å². The Balaban J connectivity index is 1.99. The van der Waals surface area contributed by atoms with Crippen molar-refractivity contribution in [1.29, 1.82) is 0 Å². The van der Waals surface area contributed by atoms with E-state index in [4.69, 9.17) is 0 Å². The van der Waals surface area contributed by atoms with Crippen LogP contribution < -0.4 is 0 Å². The number of hydrogen-bond acceptors (Lipinski definition) is 3. The molecule has 1 aromatic rings. The summed E-state index contributed by atoms with van der Waals surface area (Å²) in [7, 11) is -3.24. The molecule has 0 saturated heterocycles. The van der Waals surface area contributed by atoms with Gasteiger partial charge in [-0.1, -0.05) is 24.6 Å². The fraction of sp³-hybridized carbons (Fsp3) is 0.500. The lowest BCUT2D eigenvalue weighted by Gasteiger charge is -2.20. The predicted molar refractivity (Wildman–Crippen MR) is 70.1 cm³/mol. The van der Waals surface area contributed by atoms with Crippen LogP contribution in [-0.4, -0.2) is 20.0 Å². The summed E-state index contributed by atoms with van der Waals surface area (Å²) >= 11 is 0. The summed E-state index contributed by atoms with van der Waals surface area (Å²) in [4.78, 5) is 12.0. The first-order chi connectivity index (χ1) is 8.59. The van der Waals surface area contributed by atoms with Gasteiger partial charge in [0.15, 0.2) is 9.84 Å². The Bertz CT molecular complexity index is 505. The number of ketones is 1. The minimum atomic E-state index is -3.24. The Morgan fingerprint density at radius 2 is 1.83 bits per heavy atom. The molecule has 0 heterocycles. The lowest BCUT2D eigenvalue weighted by Crippen LogP contribution is -2.22. The number of sulfone groups is 1. The predicted octanol–water partition coefficient (Wildman–Crippen LogP) is 2.61. The number of carbonyl (C=O) groups is 1. The van der Waals surface area contributed by atoms with E-state index in [1.165, 1.54) is 0 Å². The van der Waals surface area contributed by atoms with Gasteiger partial charge in [-0.3, -0.25) is 4.79 Å². The largest absolute Gasteiger partial charge is 0.299 e. The van der Waals surface area contributed by atoms with E-state index in [2.05, 4.69) is 0 Å². The average molecular weight is 266 g/mol. The molecule has 0 aliphatic heterocycles. The molecule has 18 heavy (non-hydrogen) atoms. The van der Waals surface area contributed by atoms with E-state index in [0.29, 0.717) is 17.7 Å². The Morgan fingerprint density at radius 3 is 2.50 bits per heavy atom. The van der Waals surface area contributed by atoms with Crippen LogP contribution in [0.25, 0.3) is 0 Å².